The molecule has 9 heteroatoms. The summed E-state index contributed by atoms with van der Waals surface area (Å²) < 4.78 is 6.83. The van der Waals surface area contributed by atoms with E-state index in [0.717, 1.165) is 8.95 Å². The first kappa shape index (κ1) is 18.1. The second-order valence-electron chi connectivity index (χ2n) is 4.51. The minimum atomic E-state index is -0.531. The molecule has 0 unspecified atom stereocenters. The smallest absolute Gasteiger partial charge is 0.271 e. The molecule has 0 spiro atoms. The Kier molecular flexibility index (Phi) is 6.04. The first-order valence-electron chi connectivity index (χ1n) is 6.53. The molecule has 2 aromatic carbocycles. The van der Waals surface area contributed by atoms with E-state index in [1.165, 1.54) is 37.6 Å². The topological polar surface area (TPSA) is 93.8 Å². The zero-order valence-corrected chi connectivity index (χ0v) is 15.5. The third kappa shape index (κ3) is 4.39. The van der Waals surface area contributed by atoms with Crippen molar-refractivity contribution in [2.45, 2.75) is 0 Å². The van der Waals surface area contributed by atoms with Gasteiger partial charge in [-0.3, -0.25) is 14.9 Å². The van der Waals surface area contributed by atoms with Crippen LogP contribution < -0.4 is 10.2 Å². The molecule has 0 aliphatic rings. The predicted octanol–water partition coefficient (Wildman–Crippen LogP) is 3.89. The number of carbonyl (C=O) groups is 1. The van der Waals surface area contributed by atoms with Crippen LogP contribution in [-0.4, -0.2) is 24.2 Å². The Morgan fingerprint density at radius 2 is 1.96 bits per heavy atom. The van der Waals surface area contributed by atoms with Crippen molar-refractivity contribution >= 4 is 49.7 Å². The molecule has 2 aromatic rings. The Bertz CT molecular complexity index is 807. The van der Waals surface area contributed by atoms with Gasteiger partial charge in [0.25, 0.3) is 11.6 Å². The van der Waals surface area contributed by atoms with Crippen molar-refractivity contribution in [1.29, 1.82) is 0 Å². The number of halogens is 2. The molecule has 0 fully saturated rings. The lowest BCUT2D eigenvalue weighted by Crippen LogP contribution is -2.17. The van der Waals surface area contributed by atoms with Crippen LogP contribution in [0.4, 0.5) is 5.69 Å². The fourth-order valence-corrected chi connectivity index (χ4v) is 3.27. The van der Waals surface area contributed by atoms with E-state index < -0.39 is 10.8 Å². The molecule has 0 aliphatic heterocycles. The van der Waals surface area contributed by atoms with Crippen molar-refractivity contribution in [2.75, 3.05) is 7.11 Å². The van der Waals surface area contributed by atoms with Gasteiger partial charge in [-0.25, -0.2) is 5.43 Å². The van der Waals surface area contributed by atoms with Crippen molar-refractivity contribution in [3.63, 3.8) is 0 Å². The summed E-state index contributed by atoms with van der Waals surface area (Å²) >= 11 is 6.74. The molecule has 0 atom stereocenters. The Hall–Kier alpha value is -2.26. The highest BCUT2D eigenvalue weighted by molar-refractivity contribution is 9.11. The van der Waals surface area contributed by atoms with Crippen molar-refractivity contribution in [2.24, 2.45) is 5.10 Å². The van der Waals surface area contributed by atoms with Gasteiger partial charge in [0.1, 0.15) is 5.75 Å². The van der Waals surface area contributed by atoms with E-state index in [9.17, 15) is 14.9 Å². The second-order valence-corrected chi connectivity index (χ2v) is 6.28. The molecule has 0 heterocycles. The van der Waals surface area contributed by atoms with Gasteiger partial charge >= 0.3 is 0 Å². The molecule has 2 rings (SSSR count). The number of ether oxygens (including phenoxy) is 1. The van der Waals surface area contributed by atoms with E-state index in [0.29, 0.717) is 11.3 Å². The molecule has 0 radical (unpaired) electrons. The molecule has 0 aliphatic carbocycles. The van der Waals surface area contributed by atoms with Gasteiger partial charge in [0.2, 0.25) is 0 Å². The lowest BCUT2D eigenvalue weighted by molar-refractivity contribution is -0.384. The van der Waals surface area contributed by atoms with Crippen molar-refractivity contribution in [1.82, 2.24) is 5.43 Å². The van der Waals surface area contributed by atoms with Gasteiger partial charge in [-0.1, -0.05) is 15.9 Å². The summed E-state index contributed by atoms with van der Waals surface area (Å²) in [4.78, 5) is 22.0. The molecule has 0 aromatic heterocycles. The lowest BCUT2D eigenvalue weighted by atomic mass is 10.2. The molecular weight excluding hydrogens is 446 g/mol. The number of benzene rings is 2. The molecule has 1 amide bonds. The SMILES string of the molecule is COc1c(Br)cc(Br)cc1C=NNC(=O)c1ccc([N+](=O)[O-])cc1. The number of hydrogen-bond donors (Lipinski definition) is 1. The van der Waals surface area contributed by atoms with Crippen LogP contribution in [0.5, 0.6) is 5.75 Å². The summed E-state index contributed by atoms with van der Waals surface area (Å²) in [6, 6.07) is 8.84. The fourth-order valence-electron chi connectivity index (χ4n) is 1.85. The zero-order valence-electron chi connectivity index (χ0n) is 12.3. The molecule has 124 valence electrons. The Labute approximate surface area is 154 Å². The fraction of sp³-hybridized carbons (Fsp3) is 0.0667. The molecule has 0 bridgehead atoms. The maximum Gasteiger partial charge on any atom is 0.271 e. The first-order chi connectivity index (χ1) is 11.4. The van der Waals surface area contributed by atoms with Gasteiger partial charge < -0.3 is 4.74 Å². The summed E-state index contributed by atoms with van der Waals surface area (Å²) in [7, 11) is 1.53. The van der Waals surface area contributed by atoms with Gasteiger partial charge in [-0.2, -0.15) is 5.10 Å². The Morgan fingerprint density at radius 3 is 2.54 bits per heavy atom. The van der Waals surface area contributed by atoms with Crippen LogP contribution in [0.2, 0.25) is 0 Å². The minimum Gasteiger partial charge on any atom is -0.495 e. The number of hydrazone groups is 1. The second kappa shape index (κ2) is 8.02. The molecule has 0 saturated heterocycles. The number of nitrogens with zero attached hydrogens (tertiary/aromatic N) is 2. The Balaban J connectivity index is 2.11. The third-order valence-corrected chi connectivity index (χ3v) is 4.00. The number of carbonyl (C=O) groups excluding carboxylic acids is 1. The van der Waals surface area contributed by atoms with Gasteiger partial charge in [0.15, 0.2) is 0 Å². The number of rotatable bonds is 5. The number of nitrogens with one attached hydrogen (secondary N) is 1. The van der Waals surface area contributed by atoms with Crippen LogP contribution in [0.25, 0.3) is 0 Å². The standard InChI is InChI=1S/C15H11Br2N3O4/c1-24-14-10(6-11(16)7-13(14)17)8-18-19-15(21)9-2-4-12(5-3-9)20(22)23/h2-8H,1H3,(H,19,21). The lowest BCUT2D eigenvalue weighted by Gasteiger charge is -2.07. The molecule has 0 saturated carbocycles. The molecule has 7 nitrogen and oxygen atoms in total. The average molecular weight is 457 g/mol. The van der Waals surface area contributed by atoms with Crippen LogP contribution >= 0.6 is 31.9 Å². The summed E-state index contributed by atoms with van der Waals surface area (Å²) in [6.45, 7) is 0. The van der Waals surface area contributed by atoms with E-state index in [1.54, 1.807) is 6.07 Å². The summed E-state index contributed by atoms with van der Waals surface area (Å²) in [5.41, 5.74) is 3.20. The average Bonchev–Trinajstić information content (AvgIpc) is 2.54. The number of nitro benzene ring substituents is 1. The number of amides is 1. The van der Waals surface area contributed by atoms with Crippen LogP contribution in [0.3, 0.4) is 0 Å². The number of hydrogen-bond acceptors (Lipinski definition) is 5. The van der Waals surface area contributed by atoms with Crippen molar-refractivity contribution in [3.8, 4) is 5.75 Å². The normalized spacial score (nSPS) is 10.6. The zero-order chi connectivity index (χ0) is 17.7. The quantitative estimate of drug-likeness (QED) is 0.419. The summed E-state index contributed by atoms with van der Waals surface area (Å²) in [5, 5.41) is 14.5. The predicted molar refractivity (Wildman–Crippen MR) is 96.6 cm³/mol. The maximum absolute atomic E-state index is 12.0. The monoisotopic (exact) mass is 455 g/mol. The van der Waals surface area contributed by atoms with Crippen LogP contribution in [0, 0.1) is 10.1 Å². The van der Waals surface area contributed by atoms with E-state index in [-0.39, 0.29) is 11.3 Å². The summed E-state index contributed by atoms with van der Waals surface area (Å²) in [5.74, 6) is 0.0979. The molecule has 1 N–H and O–H groups in total. The highest BCUT2D eigenvalue weighted by atomic mass is 79.9. The van der Waals surface area contributed by atoms with E-state index in [2.05, 4.69) is 42.4 Å². The largest absolute Gasteiger partial charge is 0.495 e. The minimum absolute atomic E-state index is 0.0845. The van der Waals surface area contributed by atoms with Crippen LogP contribution in [-0.2, 0) is 0 Å². The van der Waals surface area contributed by atoms with Crippen LogP contribution in [0.1, 0.15) is 15.9 Å². The number of nitro groups is 1. The van der Waals surface area contributed by atoms with Gasteiger partial charge in [-0.15, -0.1) is 0 Å². The van der Waals surface area contributed by atoms with Gasteiger partial charge in [0.05, 0.1) is 22.7 Å². The highest BCUT2D eigenvalue weighted by Crippen LogP contribution is 2.31. The van der Waals surface area contributed by atoms with E-state index >= 15 is 0 Å². The van der Waals surface area contributed by atoms with Crippen molar-refractivity contribution < 1.29 is 14.5 Å². The summed E-state index contributed by atoms with van der Waals surface area (Å²) in [6.07, 6.45) is 1.44. The Morgan fingerprint density at radius 1 is 1.29 bits per heavy atom. The third-order valence-electron chi connectivity index (χ3n) is 2.95. The van der Waals surface area contributed by atoms with Crippen molar-refractivity contribution in [3.05, 3.63) is 66.6 Å². The van der Waals surface area contributed by atoms with Gasteiger partial charge in [0, 0.05) is 27.7 Å². The molecular formula is C15H11Br2N3O4. The maximum atomic E-state index is 12.0. The first-order valence-corrected chi connectivity index (χ1v) is 8.12. The van der Waals surface area contributed by atoms with Crippen LogP contribution in [0.15, 0.2) is 50.4 Å². The number of non-ortho nitro benzene ring substituents is 1. The van der Waals surface area contributed by atoms with E-state index in [4.69, 9.17) is 4.74 Å². The van der Waals surface area contributed by atoms with E-state index in [1.807, 2.05) is 6.07 Å². The van der Waals surface area contributed by atoms with Gasteiger partial charge in [-0.05, 0) is 40.2 Å². The number of methoxy groups -OCH3 is 1. The highest BCUT2D eigenvalue weighted by Gasteiger charge is 2.10. The molecule has 24 heavy (non-hydrogen) atoms.